The standard InChI is InChI=1S/C14H20N2O5/c15-11(5-9-1-2-12(18)13(19)6-9)14(20)16-3-4-21-8-10(16)7-17/h1-2,6,10-11,17-19H,3-5,7-8,15H2/t10?,11-/m0/s1. The normalized spacial score (nSPS) is 20.3. The minimum Gasteiger partial charge on any atom is -0.504 e. The minimum atomic E-state index is -0.777. The maximum atomic E-state index is 12.3. The van der Waals surface area contributed by atoms with E-state index in [0.29, 0.717) is 25.3 Å². The van der Waals surface area contributed by atoms with Gasteiger partial charge in [-0.05, 0) is 24.1 Å². The van der Waals surface area contributed by atoms with Gasteiger partial charge < -0.3 is 30.7 Å². The molecule has 21 heavy (non-hydrogen) atoms. The van der Waals surface area contributed by atoms with E-state index in [1.807, 2.05) is 0 Å². The third kappa shape index (κ3) is 3.63. The number of aromatic hydroxyl groups is 2. The molecule has 0 saturated carbocycles. The fourth-order valence-corrected chi connectivity index (χ4v) is 2.35. The lowest BCUT2D eigenvalue weighted by atomic mass is 10.0. The lowest BCUT2D eigenvalue weighted by Gasteiger charge is -2.36. The number of morpholine rings is 1. The summed E-state index contributed by atoms with van der Waals surface area (Å²) in [5, 5.41) is 28.0. The molecule has 1 aromatic rings. The number of rotatable bonds is 4. The number of phenols is 2. The van der Waals surface area contributed by atoms with Gasteiger partial charge in [0, 0.05) is 6.54 Å². The number of hydrogen-bond acceptors (Lipinski definition) is 6. The molecule has 1 aromatic carbocycles. The van der Waals surface area contributed by atoms with Crippen molar-refractivity contribution in [2.45, 2.75) is 18.5 Å². The SMILES string of the molecule is N[C@@H](Cc1ccc(O)c(O)c1)C(=O)N1CCOCC1CO. The van der Waals surface area contributed by atoms with Crippen LogP contribution in [0.25, 0.3) is 0 Å². The molecule has 1 aliphatic rings. The number of hydrogen-bond donors (Lipinski definition) is 4. The van der Waals surface area contributed by atoms with E-state index in [1.54, 1.807) is 6.07 Å². The molecule has 116 valence electrons. The average Bonchev–Trinajstić information content (AvgIpc) is 2.50. The molecule has 0 spiro atoms. The fourth-order valence-electron chi connectivity index (χ4n) is 2.35. The number of aliphatic hydroxyl groups excluding tert-OH is 1. The van der Waals surface area contributed by atoms with Crippen molar-refractivity contribution < 1.29 is 24.9 Å². The van der Waals surface area contributed by atoms with Crippen LogP contribution in [-0.2, 0) is 16.0 Å². The molecule has 1 fully saturated rings. The molecular weight excluding hydrogens is 276 g/mol. The monoisotopic (exact) mass is 296 g/mol. The molecular formula is C14H20N2O5. The van der Waals surface area contributed by atoms with Gasteiger partial charge in [-0.1, -0.05) is 6.07 Å². The molecule has 7 heteroatoms. The number of amides is 1. The van der Waals surface area contributed by atoms with Crippen LogP contribution in [0.15, 0.2) is 18.2 Å². The van der Waals surface area contributed by atoms with E-state index < -0.39 is 6.04 Å². The van der Waals surface area contributed by atoms with E-state index in [1.165, 1.54) is 17.0 Å². The Hall–Kier alpha value is -1.83. The Bertz CT molecular complexity index is 508. The Labute approximate surface area is 122 Å². The van der Waals surface area contributed by atoms with Gasteiger partial charge in [0.05, 0.1) is 31.9 Å². The number of ether oxygens (including phenoxy) is 1. The van der Waals surface area contributed by atoms with Crippen LogP contribution < -0.4 is 5.73 Å². The molecule has 0 aliphatic carbocycles. The molecule has 0 bridgehead atoms. The van der Waals surface area contributed by atoms with Gasteiger partial charge in [-0.3, -0.25) is 4.79 Å². The molecule has 1 amide bonds. The van der Waals surface area contributed by atoms with Crippen molar-refractivity contribution in [1.29, 1.82) is 0 Å². The molecule has 1 heterocycles. The van der Waals surface area contributed by atoms with Gasteiger partial charge in [0.2, 0.25) is 5.91 Å². The molecule has 2 rings (SSSR count). The van der Waals surface area contributed by atoms with E-state index in [0.717, 1.165) is 0 Å². The maximum absolute atomic E-state index is 12.3. The largest absolute Gasteiger partial charge is 0.504 e. The summed E-state index contributed by atoms with van der Waals surface area (Å²) >= 11 is 0. The van der Waals surface area contributed by atoms with Crippen LogP contribution in [0.5, 0.6) is 11.5 Å². The highest BCUT2D eigenvalue weighted by Crippen LogP contribution is 2.25. The quantitative estimate of drug-likeness (QED) is 0.540. The molecule has 0 radical (unpaired) electrons. The third-order valence-electron chi connectivity index (χ3n) is 3.53. The average molecular weight is 296 g/mol. The van der Waals surface area contributed by atoms with Gasteiger partial charge in [0.25, 0.3) is 0 Å². The number of carbonyl (C=O) groups excluding carboxylic acids is 1. The van der Waals surface area contributed by atoms with Crippen LogP contribution in [0.3, 0.4) is 0 Å². The molecule has 7 nitrogen and oxygen atoms in total. The van der Waals surface area contributed by atoms with Crippen LogP contribution in [0.2, 0.25) is 0 Å². The highest BCUT2D eigenvalue weighted by Gasteiger charge is 2.30. The summed E-state index contributed by atoms with van der Waals surface area (Å²) in [4.78, 5) is 13.9. The fraction of sp³-hybridized carbons (Fsp3) is 0.500. The Balaban J connectivity index is 2.02. The summed E-state index contributed by atoms with van der Waals surface area (Å²) in [5.74, 6) is -0.719. The van der Waals surface area contributed by atoms with Crippen molar-refractivity contribution in [3.05, 3.63) is 23.8 Å². The van der Waals surface area contributed by atoms with E-state index >= 15 is 0 Å². The zero-order valence-electron chi connectivity index (χ0n) is 11.6. The summed E-state index contributed by atoms with van der Waals surface area (Å²) in [6.07, 6.45) is 0.238. The highest BCUT2D eigenvalue weighted by atomic mass is 16.5. The van der Waals surface area contributed by atoms with Crippen molar-refractivity contribution in [2.24, 2.45) is 5.73 Å². The van der Waals surface area contributed by atoms with Crippen molar-refractivity contribution in [2.75, 3.05) is 26.4 Å². The molecule has 1 unspecified atom stereocenters. The summed E-state index contributed by atoms with van der Waals surface area (Å²) in [7, 11) is 0. The van der Waals surface area contributed by atoms with E-state index in [2.05, 4.69) is 0 Å². The second-order valence-electron chi connectivity index (χ2n) is 5.08. The number of phenolic OH excluding ortho intramolecular Hbond substituents is 2. The maximum Gasteiger partial charge on any atom is 0.240 e. The Morgan fingerprint density at radius 3 is 2.86 bits per heavy atom. The Morgan fingerprint density at radius 1 is 1.43 bits per heavy atom. The van der Waals surface area contributed by atoms with Gasteiger partial charge in [-0.25, -0.2) is 0 Å². The Morgan fingerprint density at radius 2 is 2.19 bits per heavy atom. The van der Waals surface area contributed by atoms with Crippen LogP contribution in [-0.4, -0.2) is 64.6 Å². The smallest absolute Gasteiger partial charge is 0.240 e. The molecule has 5 N–H and O–H groups in total. The summed E-state index contributed by atoms with van der Waals surface area (Å²) in [6, 6.07) is 3.19. The first-order valence-electron chi connectivity index (χ1n) is 6.78. The van der Waals surface area contributed by atoms with Crippen LogP contribution in [0, 0.1) is 0 Å². The number of carbonyl (C=O) groups is 1. The molecule has 2 atom stereocenters. The van der Waals surface area contributed by atoms with Crippen LogP contribution >= 0.6 is 0 Å². The summed E-state index contributed by atoms with van der Waals surface area (Å²) in [6.45, 7) is 0.959. The van der Waals surface area contributed by atoms with E-state index in [9.17, 15) is 20.1 Å². The first-order chi connectivity index (χ1) is 10.0. The number of benzene rings is 1. The number of nitrogens with zero attached hydrogens (tertiary/aromatic N) is 1. The predicted molar refractivity (Wildman–Crippen MR) is 74.9 cm³/mol. The van der Waals surface area contributed by atoms with Crippen molar-refractivity contribution in [3.63, 3.8) is 0 Å². The van der Waals surface area contributed by atoms with Gasteiger partial charge >= 0.3 is 0 Å². The zero-order valence-corrected chi connectivity index (χ0v) is 11.6. The van der Waals surface area contributed by atoms with Crippen LogP contribution in [0.1, 0.15) is 5.56 Å². The summed E-state index contributed by atoms with van der Waals surface area (Å²) in [5.41, 5.74) is 6.58. The molecule has 0 aromatic heterocycles. The number of aliphatic hydroxyl groups is 1. The second kappa shape index (κ2) is 6.75. The first-order valence-corrected chi connectivity index (χ1v) is 6.78. The zero-order chi connectivity index (χ0) is 15.4. The lowest BCUT2D eigenvalue weighted by molar-refractivity contribution is -0.143. The van der Waals surface area contributed by atoms with Gasteiger partial charge in [0.1, 0.15) is 0 Å². The number of nitrogens with two attached hydrogens (primary N) is 1. The van der Waals surface area contributed by atoms with Crippen molar-refractivity contribution >= 4 is 5.91 Å². The van der Waals surface area contributed by atoms with Gasteiger partial charge in [-0.2, -0.15) is 0 Å². The topological polar surface area (TPSA) is 116 Å². The molecule has 1 saturated heterocycles. The van der Waals surface area contributed by atoms with Crippen LogP contribution in [0.4, 0.5) is 0 Å². The second-order valence-corrected chi connectivity index (χ2v) is 5.08. The third-order valence-corrected chi connectivity index (χ3v) is 3.53. The summed E-state index contributed by atoms with van der Waals surface area (Å²) < 4.78 is 5.22. The highest BCUT2D eigenvalue weighted by molar-refractivity contribution is 5.82. The van der Waals surface area contributed by atoms with E-state index in [4.69, 9.17) is 10.5 Å². The lowest BCUT2D eigenvalue weighted by Crippen LogP contribution is -2.55. The predicted octanol–water partition coefficient (Wildman–Crippen LogP) is -0.813. The minimum absolute atomic E-state index is 0.168. The van der Waals surface area contributed by atoms with Gasteiger partial charge in [-0.15, -0.1) is 0 Å². The van der Waals surface area contributed by atoms with E-state index in [-0.39, 0.29) is 36.5 Å². The first kappa shape index (κ1) is 15.6. The Kier molecular flexibility index (Phi) is 5.00. The van der Waals surface area contributed by atoms with Crippen molar-refractivity contribution in [1.82, 2.24) is 4.90 Å². The van der Waals surface area contributed by atoms with Crippen molar-refractivity contribution in [3.8, 4) is 11.5 Å². The molecule has 1 aliphatic heterocycles. The van der Waals surface area contributed by atoms with Gasteiger partial charge in [0.15, 0.2) is 11.5 Å².